The first kappa shape index (κ1) is 9.85. The van der Waals surface area contributed by atoms with Gasteiger partial charge in [0, 0.05) is 17.3 Å². The van der Waals surface area contributed by atoms with Crippen molar-refractivity contribution in [3.63, 3.8) is 0 Å². The first-order valence-corrected chi connectivity index (χ1v) is 6.85. The second-order valence-electron chi connectivity index (χ2n) is 4.81. The number of hydrogen-bond acceptors (Lipinski definition) is 2. The Labute approximate surface area is 86.0 Å². The number of rotatable bonds is 3. The van der Waals surface area contributed by atoms with Crippen molar-refractivity contribution in [1.82, 2.24) is 5.32 Å². The van der Waals surface area contributed by atoms with Crippen LogP contribution in [-0.2, 0) is 0 Å². The molecule has 0 aromatic carbocycles. The van der Waals surface area contributed by atoms with E-state index in [1.807, 2.05) is 11.8 Å². The highest BCUT2D eigenvalue weighted by Gasteiger charge is 2.30. The van der Waals surface area contributed by atoms with E-state index in [0.29, 0.717) is 0 Å². The minimum absolute atomic E-state index is 0.843. The molecule has 0 aliphatic heterocycles. The molecule has 2 aliphatic rings. The van der Waals surface area contributed by atoms with Crippen molar-refractivity contribution in [1.29, 1.82) is 0 Å². The molecule has 76 valence electrons. The Morgan fingerprint density at radius 2 is 1.85 bits per heavy atom. The summed E-state index contributed by atoms with van der Waals surface area (Å²) in [5, 5.41) is 4.74. The molecule has 2 fully saturated rings. The van der Waals surface area contributed by atoms with Crippen LogP contribution in [0, 0.1) is 5.92 Å². The van der Waals surface area contributed by atoms with E-state index in [2.05, 4.69) is 18.5 Å². The lowest BCUT2D eigenvalue weighted by Crippen LogP contribution is -2.44. The third-order valence-corrected chi connectivity index (χ3v) is 4.66. The number of nitrogens with one attached hydrogen (secondary N) is 1. The Hall–Kier alpha value is 0.310. The van der Waals surface area contributed by atoms with E-state index in [4.69, 9.17) is 0 Å². The summed E-state index contributed by atoms with van der Waals surface area (Å²) in [7, 11) is 0. The van der Waals surface area contributed by atoms with Gasteiger partial charge in [-0.05, 0) is 44.3 Å². The predicted octanol–water partition coefficient (Wildman–Crippen LogP) is 2.66. The van der Waals surface area contributed by atoms with Gasteiger partial charge in [0.15, 0.2) is 0 Å². The second kappa shape index (κ2) is 4.22. The van der Waals surface area contributed by atoms with Gasteiger partial charge in [-0.2, -0.15) is 11.8 Å². The molecule has 0 amide bonds. The third kappa shape index (κ3) is 2.41. The molecule has 0 heterocycles. The number of thioether (sulfide) groups is 1. The van der Waals surface area contributed by atoms with E-state index in [9.17, 15) is 0 Å². The fourth-order valence-corrected chi connectivity index (χ4v) is 3.47. The van der Waals surface area contributed by atoms with E-state index in [1.54, 1.807) is 0 Å². The maximum atomic E-state index is 3.80. The van der Waals surface area contributed by atoms with Crippen molar-refractivity contribution in [2.75, 3.05) is 6.26 Å². The molecular weight excluding hydrogens is 178 g/mol. The molecule has 0 spiro atoms. The average molecular weight is 199 g/mol. The van der Waals surface area contributed by atoms with Gasteiger partial charge in [0.05, 0.1) is 0 Å². The molecule has 0 aromatic heterocycles. The van der Waals surface area contributed by atoms with Crippen LogP contribution in [0.4, 0.5) is 0 Å². The number of hydrogen-bond donors (Lipinski definition) is 1. The Balaban J connectivity index is 1.66. The Kier molecular flexibility index (Phi) is 3.20. The van der Waals surface area contributed by atoms with Crippen LogP contribution in [0.5, 0.6) is 0 Å². The summed E-state index contributed by atoms with van der Waals surface area (Å²) in [6.07, 6.45) is 9.34. The van der Waals surface area contributed by atoms with Crippen molar-refractivity contribution in [2.45, 2.75) is 56.4 Å². The van der Waals surface area contributed by atoms with Gasteiger partial charge in [-0.1, -0.05) is 6.92 Å². The van der Waals surface area contributed by atoms with Crippen LogP contribution in [0.25, 0.3) is 0 Å². The van der Waals surface area contributed by atoms with Crippen LogP contribution in [0.15, 0.2) is 0 Å². The van der Waals surface area contributed by atoms with E-state index in [-0.39, 0.29) is 0 Å². The van der Waals surface area contributed by atoms with E-state index >= 15 is 0 Å². The summed E-state index contributed by atoms with van der Waals surface area (Å²) < 4.78 is 0. The van der Waals surface area contributed by atoms with Crippen LogP contribution >= 0.6 is 11.8 Å². The maximum Gasteiger partial charge on any atom is 0.00805 e. The van der Waals surface area contributed by atoms with Gasteiger partial charge in [0.2, 0.25) is 0 Å². The lowest BCUT2D eigenvalue weighted by atomic mass is 9.81. The van der Waals surface area contributed by atoms with Crippen LogP contribution < -0.4 is 5.32 Å². The lowest BCUT2D eigenvalue weighted by molar-refractivity contribution is 0.222. The molecule has 0 saturated heterocycles. The molecule has 2 atom stereocenters. The molecule has 2 heteroatoms. The molecule has 1 nitrogen and oxygen atoms in total. The van der Waals surface area contributed by atoms with Crippen molar-refractivity contribution >= 4 is 11.8 Å². The molecule has 13 heavy (non-hydrogen) atoms. The summed E-state index contributed by atoms with van der Waals surface area (Å²) in [5.74, 6) is 0.982. The van der Waals surface area contributed by atoms with Crippen molar-refractivity contribution in [2.24, 2.45) is 5.92 Å². The summed E-state index contributed by atoms with van der Waals surface area (Å²) >= 11 is 2.05. The quantitative estimate of drug-likeness (QED) is 0.750. The summed E-state index contributed by atoms with van der Waals surface area (Å²) in [6.45, 7) is 2.36. The molecule has 2 rings (SSSR count). The Bertz CT molecular complexity index is 165. The van der Waals surface area contributed by atoms with Gasteiger partial charge in [-0.25, -0.2) is 0 Å². The zero-order valence-corrected chi connectivity index (χ0v) is 9.57. The molecule has 0 radical (unpaired) electrons. The van der Waals surface area contributed by atoms with Crippen LogP contribution in [0.1, 0.15) is 39.0 Å². The highest BCUT2D eigenvalue weighted by Crippen LogP contribution is 2.32. The summed E-state index contributed by atoms with van der Waals surface area (Å²) in [5.41, 5.74) is 0. The van der Waals surface area contributed by atoms with Gasteiger partial charge in [0.25, 0.3) is 0 Å². The molecule has 2 saturated carbocycles. The maximum absolute atomic E-state index is 3.80. The summed E-state index contributed by atoms with van der Waals surface area (Å²) in [4.78, 5) is 0. The largest absolute Gasteiger partial charge is 0.311 e. The standard InChI is InChI=1S/C11H21NS/c1-8-5-10(6-8)12-9-3-4-11(7-9)13-2/h8-12H,3-7H2,1-2H3. The molecule has 2 unspecified atom stereocenters. The van der Waals surface area contributed by atoms with Crippen LogP contribution in [0.2, 0.25) is 0 Å². The molecular formula is C11H21NS. The van der Waals surface area contributed by atoms with Crippen LogP contribution in [0.3, 0.4) is 0 Å². The molecule has 0 aromatic rings. The Morgan fingerprint density at radius 3 is 2.38 bits per heavy atom. The van der Waals surface area contributed by atoms with Crippen LogP contribution in [-0.4, -0.2) is 23.6 Å². The minimum atomic E-state index is 0.843. The predicted molar refractivity (Wildman–Crippen MR) is 60.3 cm³/mol. The molecule has 0 bridgehead atoms. The normalized spacial score (nSPS) is 44.8. The zero-order valence-electron chi connectivity index (χ0n) is 8.75. The smallest absolute Gasteiger partial charge is 0.00805 e. The first-order chi connectivity index (χ1) is 6.28. The monoisotopic (exact) mass is 199 g/mol. The van der Waals surface area contributed by atoms with Gasteiger partial charge in [0.1, 0.15) is 0 Å². The van der Waals surface area contributed by atoms with Gasteiger partial charge in [-0.3, -0.25) is 0 Å². The first-order valence-electron chi connectivity index (χ1n) is 5.56. The topological polar surface area (TPSA) is 12.0 Å². The highest BCUT2D eigenvalue weighted by atomic mass is 32.2. The van der Waals surface area contributed by atoms with E-state index in [1.165, 1.54) is 32.1 Å². The Morgan fingerprint density at radius 1 is 1.08 bits per heavy atom. The van der Waals surface area contributed by atoms with E-state index in [0.717, 1.165) is 23.3 Å². The average Bonchev–Trinajstić information content (AvgIpc) is 2.50. The summed E-state index contributed by atoms with van der Waals surface area (Å²) in [6, 6.07) is 1.70. The fraction of sp³-hybridized carbons (Fsp3) is 1.00. The fourth-order valence-electron chi connectivity index (χ4n) is 2.68. The van der Waals surface area contributed by atoms with Crippen molar-refractivity contribution in [3.05, 3.63) is 0 Å². The zero-order chi connectivity index (χ0) is 9.26. The highest BCUT2D eigenvalue weighted by molar-refractivity contribution is 7.99. The SMILES string of the molecule is CSC1CCC(NC2CC(C)C2)C1. The van der Waals surface area contributed by atoms with E-state index < -0.39 is 0 Å². The minimum Gasteiger partial charge on any atom is -0.311 e. The van der Waals surface area contributed by atoms with Gasteiger partial charge >= 0.3 is 0 Å². The molecule has 2 aliphatic carbocycles. The van der Waals surface area contributed by atoms with Crippen molar-refractivity contribution < 1.29 is 0 Å². The third-order valence-electron chi connectivity index (χ3n) is 3.56. The lowest BCUT2D eigenvalue weighted by Gasteiger charge is -2.35. The van der Waals surface area contributed by atoms with Gasteiger partial charge in [-0.15, -0.1) is 0 Å². The van der Waals surface area contributed by atoms with Crippen molar-refractivity contribution in [3.8, 4) is 0 Å². The van der Waals surface area contributed by atoms with Gasteiger partial charge < -0.3 is 5.32 Å². The second-order valence-corrected chi connectivity index (χ2v) is 5.95. The molecule has 1 N–H and O–H groups in total.